The van der Waals surface area contributed by atoms with Crippen molar-refractivity contribution in [1.29, 1.82) is 0 Å². The predicted octanol–water partition coefficient (Wildman–Crippen LogP) is 1.31. The first kappa shape index (κ1) is 18.3. The molecule has 2 aromatic rings. The van der Waals surface area contributed by atoms with Crippen molar-refractivity contribution in [1.82, 2.24) is 9.97 Å². The van der Waals surface area contributed by atoms with Crippen LogP contribution in [0, 0.1) is 0 Å². The molecule has 26 heavy (non-hydrogen) atoms. The number of benzene rings is 1. The van der Waals surface area contributed by atoms with Crippen LogP contribution >= 0.6 is 11.8 Å². The molecule has 4 N–H and O–H groups in total. The van der Waals surface area contributed by atoms with E-state index in [2.05, 4.69) is 20.2 Å². The van der Waals surface area contributed by atoms with Gasteiger partial charge in [0.05, 0.1) is 18.5 Å². The summed E-state index contributed by atoms with van der Waals surface area (Å²) >= 11 is 1.14. The molecule has 1 fully saturated rings. The van der Waals surface area contributed by atoms with E-state index in [0.717, 1.165) is 43.8 Å². The van der Waals surface area contributed by atoms with E-state index in [0.29, 0.717) is 10.8 Å². The second-order valence-electron chi connectivity index (χ2n) is 5.87. The lowest BCUT2D eigenvalue weighted by Crippen LogP contribution is -2.36. The highest BCUT2D eigenvalue weighted by molar-refractivity contribution is 8.00. The zero-order chi connectivity index (χ0) is 18.5. The van der Waals surface area contributed by atoms with Crippen molar-refractivity contribution >= 4 is 34.9 Å². The van der Waals surface area contributed by atoms with Gasteiger partial charge in [-0.1, -0.05) is 11.8 Å². The normalized spacial score (nSPS) is 15.5. The lowest BCUT2D eigenvalue weighted by molar-refractivity contribution is -0.115. The SMILES string of the molecule is C[C@@H](Sc1nc(N)cc(=O)[nH]1)C(=O)Nc1ccc(N2CCOCC2)cc1. The van der Waals surface area contributed by atoms with Crippen molar-refractivity contribution in [3.8, 4) is 0 Å². The summed E-state index contributed by atoms with van der Waals surface area (Å²) in [6, 6.07) is 8.91. The van der Waals surface area contributed by atoms with Gasteiger partial charge in [0.15, 0.2) is 5.16 Å². The number of thioether (sulfide) groups is 1. The number of carbonyl (C=O) groups is 1. The van der Waals surface area contributed by atoms with E-state index >= 15 is 0 Å². The Morgan fingerprint density at radius 2 is 2.04 bits per heavy atom. The van der Waals surface area contributed by atoms with E-state index in [4.69, 9.17) is 10.5 Å². The van der Waals surface area contributed by atoms with Crippen LogP contribution in [0.4, 0.5) is 17.2 Å². The third-order valence-electron chi connectivity index (χ3n) is 3.91. The van der Waals surface area contributed by atoms with Gasteiger partial charge >= 0.3 is 0 Å². The van der Waals surface area contributed by atoms with Crippen LogP contribution < -0.4 is 21.5 Å². The maximum Gasteiger partial charge on any atom is 0.253 e. The average molecular weight is 375 g/mol. The third-order valence-corrected chi connectivity index (χ3v) is 4.89. The third kappa shape index (κ3) is 4.77. The van der Waals surface area contributed by atoms with Crippen LogP contribution in [-0.2, 0) is 9.53 Å². The molecule has 0 radical (unpaired) electrons. The minimum Gasteiger partial charge on any atom is -0.383 e. The Kier molecular flexibility index (Phi) is 5.79. The molecule has 2 heterocycles. The number of rotatable bonds is 5. The minimum absolute atomic E-state index is 0.127. The van der Waals surface area contributed by atoms with Crippen LogP contribution in [0.2, 0.25) is 0 Å². The Labute approximate surface area is 155 Å². The van der Waals surface area contributed by atoms with Gasteiger partial charge in [-0.05, 0) is 31.2 Å². The predicted molar refractivity (Wildman–Crippen MR) is 103 cm³/mol. The molecule has 1 aliphatic rings. The van der Waals surface area contributed by atoms with Crippen LogP contribution in [0.3, 0.4) is 0 Å². The monoisotopic (exact) mass is 375 g/mol. The van der Waals surface area contributed by atoms with Crippen LogP contribution in [0.1, 0.15) is 6.92 Å². The fourth-order valence-electron chi connectivity index (χ4n) is 2.55. The summed E-state index contributed by atoms with van der Waals surface area (Å²) < 4.78 is 5.35. The Morgan fingerprint density at radius 3 is 2.69 bits per heavy atom. The topological polar surface area (TPSA) is 113 Å². The van der Waals surface area contributed by atoms with Gasteiger partial charge < -0.3 is 25.7 Å². The van der Waals surface area contributed by atoms with Gasteiger partial charge in [-0.15, -0.1) is 0 Å². The molecule has 1 aliphatic heterocycles. The standard InChI is InChI=1S/C17H21N5O3S/c1-11(26-17-20-14(18)10-15(23)21-17)16(24)19-12-2-4-13(5-3-12)22-6-8-25-9-7-22/h2-5,10-11H,6-9H2,1H3,(H,19,24)(H3,18,20,21,23)/t11-/m1/s1. The van der Waals surface area contributed by atoms with Crippen molar-refractivity contribution < 1.29 is 9.53 Å². The Hall–Kier alpha value is -2.52. The molecule has 1 atom stereocenters. The van der Waals surface area contributed by atoms with Gasteiger partial charge in [-0.25, -0.2) is 4.98 Å². The number of nitrogens with two attached hydrogens (primary N) is 1. The van der Waals surface area contributed by atoms with Gasteiger partial charge in [-0.3, -0.25) is 9.59 Å². The van der Waals surface area contributed by atoms with Crippen LogP contribution in [0.15, 0.2) is 40.3 Å². The molecular formula is C17H21N5O3S. The fraction of sp³-hybridized carbons (Fsp3) is 0.353. The van der Waals surface area contributed by atoms with Gasteiger partial charge in [0.25, 0.3) is 5.56 Å². The number of morpholine rings is 1. The zero-order valence-corrected chi connectivity index (χ0v) is 15.2. The largest absolute Gasteiger partial charge is 0.383 e. The minimum atomic E-state index is -0.445. The van der Waals surface area contributed by atoms with E-state index in [9.17, 15) is 9.59 Å². The quantitative estimate of drug-likeness (QED) is 0.533. The Morgan fingerprint density at radius 1 is 1.35 bits per heavy atom. The number of ether oxygens (including phenoxy) is 1. The number of aromatic nitrogens is 2. The molecule has 8 nitrogen and oxygen atoms in total. The number of carbonyl (C=O) groups excluding carboxylic acids is 1. The molecule has 1 amide bonds. The maximum atomic E-state index is 12.4. The van der Waals surface area contributed by atoms with E-state index in [-0.39, 0.29) is 17.3 Å². The number of amides is 1. The number of aromatic amines is 1. The zero-order valence-electron chi connectivity index (χ0n) is 14.4. The van der Waals surface area contributed by atoms with Gasteiger partial charge in [0, 0.05) is 30.5 Å². The maximum absolute atomic E-state index is 12.4. The van der Waals surface area contributed by atoms with Crippen LogP contribution in [0.5, 0.6) is 0 Å². The summed E-state index contributed by atoms with van der Waals surface area (Å²) in [6.45, 7) is 4.93. The van der Waals surface area contributed by atoms with E-state index in [1.54, 1.807) is 6.92 Å². The second kappa shape index (κ2) is 8.24. The van der Waals surface area contributed by atoms with Gasteiger partial charge in [0.2, 0.25) is 5.91 Å². The molecule has 0 unspecified atom stereocenters. The van der Waals surface area contributed by atoms with E-state index in [1.807, 2.05) is 24.3 Å². The number of nitrogens with zero attached hydrogens (tertiary/aromatic N) is 2. The number of hydrogen-bond acceptors (Lipinski definition) is 7. The van der Waals surface area contributed by atoms with Crippen molar-refractivity contribution in [2.75, 3.05) is 42.3 Å². The molecule has 0 saturated carbocycles. The number of H-pyrrole nitrogens is 1. The molecule has 1 aromatic heterocycles. The molecule has 0 bridgehead atoms. The summed E-state index contributed by atoms with van der Waals surface area (Å²) in [5, 5.41) is 2.74. The van der Waals surface area contributed by atoms with Crippen molar-refractivity contribution in [3.05, 3.63) is 40.7 Å². The highest BCUT2D eigenvalue weighted by Gasteiger charge is 2.17. The first-order valence-corrected chi connectivity index (χ1v) is 9.16. The van der Waals surface area contributed by atoms with E-state index in [1.165, 1.54) is 6.07 Å². The number of nitrogens with one attached hydrogen (secondary N) is 2. The van der Waals surface area contributed by atoms with E-state index < -0.39 is 5.25 Å². The van der Waals surface area contributed by atoms with Gasteiger partial charge in [0.1, 0.15) is 5.82 Å². The first-order chi connectivity index (χ1) is 12.5. The summed E-state index contributed by atoms with van der Waals surface area (Å²) in [7, 11) is 0. The molecule has 0 aliphatic carbocycles. The molecular weight excluding hydrogens is 354 g/mol. The van der Waals surface area contributed by atoms with Crippen molar-refractivity contribution in [3.63, 3.8) is 0 Å². The summed E-state index contributed by atoms with van der Waals surface area (Å²) in [4.78, 5) is 32.6. The smallest absolute Gasteiger partial charge is 0.253 e. The Bertz CT molecular complexity index is 818. The summed E-state index contributed by atoms with van der Waals surface area (Å²) in [5.74, 6) is -0.0539. The highest BCUT2D eigenvalue weighted by atomic mass is 32.2. The van der Waals surface area contributed by atoms with Crippen LogP contribution in [-0.4, -0.2) is 47.4 Å². The highest BCUT2D eigenvalue weighted by Crippen LogP contribution is 2.22. The summed E-state index contributed by atoms with van der Waals surface area (Å²) in [6.07, 6.45) is 0. The average Bonchev–Trinajstić information content (AvgIpc) is 2.62. The Balaban J connectivity index is 1.59. The van der Waals surface area contributed by atoms with Crippen molar-refractivity contribution in [2.45, 2.75) is 17.3 Å². The molecule has 9 heteroatoms. The molecule has 0 spiro atoms. The molecule has 138 valence electrons. The number of anilines is 3. The molecule has 1 saturated heterocycles. The second-order valence-corrected chi connectivity index (χ2v) is 7.20. The van der Waals surface area contributed by atoms with Crippen LogP contribution in [0.25, 0.3) is 0 Å². The number of hydrogen-bond donors (Lipinski definition) is 3. The lowest BCUT2D eigenvalue weighted by atomic mass is 10.2. The van der Waals surface area contributed by atoms with Gasteiger partial charge in [-0.2, -0.15) is 0 Å². The van der Waals surface area contributed by atoms with Crippen molar-refractivity contribution in [2.24, 2.45) is 0 Å². The first-order valence-electron chi connectivity index (χ1n) is 8.28. The molecule has 1 aromatic carbocycles. The fourth-order valence-corrected chi connectivity index (χ4v) is 3.37. The molecule has 3 rings (SSSR count). The lowest BCUT2D eigenvalue weighted by Gasteiger charge is -2.28. The summed E-state index contributed by atoms with van der Waals surface area (Å²) in [5.41, 5.74) is 7.04. The number of nitrogen functional groups attached to an aromatic ring is 1.